The molecule has 26 heavy (non-hydrogen) atoms. The number of fused-ring (bicyclic) bond motifs is 1. The Kier molecular flexibility index (Phi) is 4.40. The molecule has 0 radical (unpaired) electrons. The first-order valence-electron chi connectivity index (χ1n) is 7.43. The molecule has 0 fully saturated rings. The third-order valence-electron chi connectivity index (χ3n) is 3.72. The Bertz CT molecular complexity index is 1190. The van der Waals surface area contributed by atoms with Crippen LogP contribution in [-0.2, 0) is 10.0 Å². The Balaban J connectivity index is 1.77. The van der Waals surface area contributed by atoms with Crippen molar-refractivity contribution in [2.45, 2.75) is 4.90 Å². The minimum absolute atomic E-state index is 0.0766. The third-order valence-corrected chi connectivity index (χ3v) is 6.58. The molecule has 0 saturated carbocycles. The largest absolute Gasteiger partial charge is 0.297 e. The third kappa shape index (κ3) is 3.19. The average Bonchev–Trinajstić information content (AvgIpc) is 3.19. The molecular weight excluding hydrogens is 413 g/mol. The fraction of sp³-hybridized carbons (Fsp3) is 0. The lowest BCUT2D eigenvalue weighted by Crippen LogP contribution is -2.14. The zero-order valence-electron chi connectivity index (χ0n) is 13.1. The van der Waals surface area contributed by atoms with E-state index in [1.165, 1.54) is 29.5 Å². The van der Waals surface area contributed by atoms with Crippen LogP contribution >= 0.6 is 34.5 Å². The number of rotatable bonds is 4. The number of aromatic nitrogens is 2. The van der Waals surface area contributed by atoms with Crippen LogP contribution in [0.4, 0.5) is 5.69 Å². The van der Waals surface area contributed by atoms with Crippen molar-refractivity contribution in [3.63, 3.8) is 0 Å². The summed E-state index contributed by atoms with van der Waals surface area (Å²) in [5.74, 6) is 0. The van der Waals surface area contributed by atoms with E-state index in [1.54, 1.807) is 12.1 Å². The molecule has 132 valence electrons. The van der Waals surface area contributed by atoms with Crippen LogP contribution in [0.25, 0.3) is 16.2 Å². The molecule has 0 aliphatic heterocycles. The lowest BCUT2D eigenvalue weighted by molar-refractivity contribution is 0.601. The highest BCUT2D eigenvalue weighted by Crippen LogP contribution is 2.32. The second-order valence-corrected chi connectivity index (χ2v) is 8.81. The van der Waals surface area contributed by atoms with Gasteiger partial charge in [-0.25, -0.2) is 13.4 Å². The van der Waals surface area contributed by atoms with Crippen LogP contribution in [0.3, 0.4) is 0 Å². The van der Waals surface area contributed by atoms with Crippen LogP contribution in [0, 0.1) is 0 Å². The van der Waals surface area contributed by atoms with Crippen LogP contribution < -0.4 is 4.72 Å². The van der Waals surface area contributed by atoms with Gasteiger partial charge in [-0.3, -0.25) is 9.12 Å². The number of hydrogen-bond donors (Lipinski definition) is 1. The van der Waals surface area contributed by atoms with Gasteiger partial charge in [-0.2, -0.15) is 0 Å². The van der Waals surface area contributed by atoms with E-state index < -0.39 is 10.0 Å². The van der Waals surface area contributed by atoms with Gasteiger partial charge in [0.05, 0.1) is 16.4 Å². The summed E-state index contributed by atoms with van der Waals surface area (Å²) in [7, 11) is -3.91. The van der Waals surface area contributed by atoms with Crippen molar-refractivity contribution in [2.24, 2.45) is 0 Å². The number of sulfonamides is 1. The number of halogens is 2. The number of benzene rings is 2. The first kappa shape index (κ1) is 17.4. The number of para-hydroxylation sites is 1. The number of thiazole rings is 1. The predicted molar refractivity (Wildman–Crippen MR) is 106 cm³/mol. The van der Waals surface area contributed by atoms with Gasteiger partial charge in [-0.1, -0.05) is 41.4 Å². The Morgan fingerprint density at radius 2 is 1.92 bits per heavy atom. The van der Waals surface area contributed by atoms with Crippen LogP contribution in [0.5, 0.6) is 0 Å². The SMILES string of the molecule is O=S(=O)(Nc1ccccc1-c1cn2ccsc2n1)c1cc(Cl)ccc1Cl. The highest BCUT2D eigenvalue weighted by Gasteiger charge is 2.21. The Labute approximate surface area is 163 Å². The second kappa shape index (κ2) is 6.59. The van der Waals surface area contributed by atoms with Crippen LogP contribution in [-0.4, -0.2) is 17.8 Å². The second-order valence-electron chi connectivity index (χ2n) is 5.44. The molecule has 2 heterocycles. The maximum Gasteiger partial charge on any atom is 0.263 e. The van der Waals surface area contributed by atoms with Gasteiger partial charge in [0.15, 0.2) is 4.96 Å². The van der Waals surface area contributed by atoms with Gasteiger partial charge in [0, 0.05) is 28.4 Å². The molecule has 4 aromatic rings. The molecule has 0 atom stereocenters. The van der Waals surface area contributed by atoms with Crippen LogP contribution in [0.15, 0.2) is 65.1 Å². The van der Waals surface area contributed by atoms with Crippen molar-refractivity contribution >= 4 is 55.2 Å². The van der Waals surface area contributed by atoms with E-state index in [0.717, 1.165) is 4.96 Å². The van der Waals surface area contributed by atoms with E-state index in [-0.39, 0.29) is 14.9 Å². The first-order valence-corrected chi connectivity index (χ1v) is 10.6. The topological polar surface area (TPSA) is 63.5 Å². The molecule has 0 aliphatic rings. The summed E-state index contributed by atoms with van der Waals surface area (Å²) >= 11 is 13.5. The van der Waals surface area contributed by atoms with Gasteiger partial charge in [-0.15, -0.1) is 11.3 Å². The van der Waals surface area contributed by atoms with E-state index in [4.69, 9.17) is 23.2 Å². The number of nitrogens with zero attached hydrogens (tertiary/aromatic N) is 2. The Morgan fingerprint density at radius 3 is 2.73 bits per heavy atom. The number of hydrogen-bond acceptors (Lipinski definition) is 4. The highest BCUT2D eigenvalue weighted by atomic mass is 35.5. The molecule has 0 amide bonds. The maximum absolute atomic E-state index is 12.8. The minimum Gasteiger partial charge on any atom is -0.297 e. The van der Waals surface area contributed by atoms with Gasteiger partial charge in [-0.05, 0) is 24.3 Å². The maximum atomic E-state index is 12.8. The minimum atomic E-state index is -3.91. The van der Waals surface area contributed by atoms with E-state index in [0.29, 0.717) is 16.9 Å². The van der Waals surface area contributed by atoms with Crippen LogP contribution in [0.2, 0.25) is 10.0 Å². The molecule has 5 nitrogen and oxygen atoms in total. The summed E-state index contributed by atoms with van der Waals surface area (Å²) in [4.78, 5) is 5.29. The summed E-state index contributed by atoms with van der Waals surface area (Å²) in [6.07, 6.45) is 3.75. The van der Waals surface area contributed by atoms with Gasteiger partial charge >= 0.3 is 0 Å². The van der Waals surface area contributed by atoms with Gasteiger partial charge in [0.2, 0.25) is 0 Å². The van der Waals surface area contributed by atoms with E-state index in [9.17, 15) is 8.42 Å². The van der Waals surface area contributed by atoms with E-state index in [1.807, 2.05) is 34.3 Å². The zero-order valence-corrected chi connectivity index (χ0v) is 16.2. The van der Waals surface area contributed by atoms with Crippen molar-refractivity contribution in [2.75, 3.05) is 4.72 Å². The molecule has 0 spiro atoms. The molecule has 1 N–H and O–H groups in total. The standard InChI is InChI=1S/C17H11Cl2N3O2S2/c18-11-5-6-13(19)16(9-11)26(23,24)21-14-4-2-1-3-12(14)15-10-22-7-8-25-17(22)20-15/h1-10,21H. The van der Waals surface area contributed by atoms with Crippen molar-refractivity contribution in [1.82, 2.24) is 9.38 Å². The summed E-state index contributed by atoms with van der Waals surface area (Å²) < 4.78 is 30.1. The fourth-order valence-electron chi connectivity index (χ4n) is 2.54. The quantitative estimate of drug-likeness (QED) is 0.492. The molecule has 0 aliphatic carbocycles. The molecular formula is C17H11Cl2N3O2S2. The number of nitrogens with one attached hydrogen (secondary N) is 1. The lowest BCUT2D eigenvalue weighted by Gasteiger charge is -2.12. The van der Waals surface area contributed by atoms with E-state index >= 15 is 0 Å². The monoisotopic (exact) mass is 423 g/mol. The van der Waals surface area contributed by atoms with Crippen molar-refractivity contribution in [3.8, 4) is 11.3 Å². The van der Waals surface area contributed by atoms with Crippen LogP contribution in [0.1, 0.15) is 0 Å². The smallest absolute Gasteiger partial charge is 0.263 e. The molecule has 4 rings (SSSR count). The average molecular weight is 424 g/mol. The predicted octanol–water partition coefficient (Wildman–Crippen LogP) is 5.17. The highest BCUT2D eigenvalue weighted by molar-refractivity contribution is 7.92. The summed E-state index contributed by atoms with van der Waals surface area (Å²) in [6.45, 7) is 0. The molecule has 0 bridgehead atoms. The summed E-state index contributed by atoms with van der Waals surface area (Å²) in [5.41, 5.74) is 1.76. The molecule has 2 aromatic heterocycles. The van der Waals surface area contributed by atoms with E-state index in [2.05, 4.69) is 9.71 Å². The Hall–Kier alpha value is -2.06. The molecule has 2 aromatic carbocycles. The fourth-order valence-corrected chi connectivity index (χ4v) is 5.08. The van der Waals surface area contributed by atoms with Crippen molar-refractivity contribution in [3.05, 3.63) is 70.3 Å². The first-order chi connectivity index (χ1) is 12.4. The van der Waals surface area contributed by atoms with Gasteiger partial charge in [0.25, 0.3) is 10.0 Å². The van der Waals surface area contributed by atoms with Gasteiger partial charge < -0.3 is 0 Å². The number of imidazole rings is 1. The van der Waals surface area contributed by atoms with Gasteiger partial charge in [0.1, 0.15) is 4.90 Å². The normalized spacial score (nSPS) is 11.8. The van der Waals surface area contributed by atoms with Crippen molar-refractivity contribution in [1.29, 1.82) is 0 Å². The molecule has 9 heteroatoms. The molecule has 0 unspecified atom stereocenters. The summed E-state index contributed by atoms with van der Waals surface area (Å²) in [5, 5.41) is 2.32. The zero-order chi connectivity index (χ0) is 18.3. The van der Waals surface area contributed by atoms with Crippen molar-refractivity contribution < 1.29 is 8.42 Å². The Morgan fingerprint density at radius 1 is 1.12 bits per heavy atom. The number of anilines is 1. The molecule has 0 saturated heterocycles. The summed E-state index contributed by atoms with van der Waals surface area (Å²) in [6, 6.07) is 11.4. The lowest BCUT2D eigenvalue weighted by atomic mass is 10.1.